The third-order valence-corrected chi connectivity index (χ3v) is 4.82. The first-order chi connectivity index (χ1) is 11.0. The SMILES string of the molecule is Cc1cc(NC(=O)CSc2nnc(-c3cccs3)n2N)n(C)n1. The summed E-state index contributed by atoms with van der Waals surface area (Å²) in [5.74, 6) is 7.27. The number of amides is 1. The lowest BCUT2D eigenvalue weighted by atomic mass is 10.4. The first-order valence-electron chi connectivity index (χ1n) is 6.72. The van der Waals surface area contributed by atoms with E-state index in [4.69, 9.17) is 5.84 Å². The summed E-state index contributed by atoms with van der Waals surface area (Å²) in [7, 11) is 1.78. The lowest BCUT2D eigenvalue weighted by Crippen LogP contribution is -2.17. The number of thiophene rings is 1. The molecule has 1 amide bonds. The zero-order valence-electron chi connectivity index (χ0n) is 12.6. The molecule has 0 aliphatic carbocycles. The van der Waals surface area contributed by atoms with E-state index in [1.807, 2.05) is 30.5 Å². The fourth-order valence-electron chi connectivity index (χ4n) is 1.99. The summed E-state index contributed by atoms with van der Waals surface area (Å²) in [6.07, 6.45) is 0. The molecule has 3 N–H and O–H groups in total. The van der Waals surface area contributed by atoms with Crippen molar-refractivity contribution in [1.29, 1.82) is 0 Å². The van der Waals surface area contributed by atoms with Gasteiger partial charge >= 0.3 is 0 Å². The molecule has 3 aromatic rings. The van der Waals surface area contributed by atoms with Gasteiger partial charge in [0.25, 0.3) is 0 Å². The van der Waals surface area contributed by atoms with Crippen LogP contribution in [-0.2, 0) is 11.8 Å². The standard InChI is InChI=1S/C13H15N7OS2/c1-8-6-10(19(2)18-8)15-11(21)7-23-13-17-16-12(20(13)14)9-4-3-5-22-9/h3-6H,7,14H2,1-2H3,(H,15,21). The van der Waals surface area contributed by atoms with Crippen molar-refractivity contribution in [2.45, 2.75) is 12.1 Å². The van der Waals surface area contributed by atoms with Crippen molar-refractivity contribution in [3.8, 4) is 10.7 Å². The molecular weight excluding hydrogens is 334 g/mol. The smallest absolute Gasteiger partial charge is 0.235 e. The largest absolute Gasteiger partial charge is 0.335 e. The molecule has 0 atom stereocenters. The van der Waals surface area contributed by atoms with Crippen LogP contribution in [-0.4, -0.2) is 36.3 Å². The second kappa shape index (κ2) is 6.42. The topological polar surface area (TPSA) is 104 Å². The van der Waals surface area contributed by atoms with Gasteiger partial charge in [-0.1, -0.05) is 17.8 Å². The number of carbonyl (C=O) groups is 1. The molecule has 0 aliphatic rings. The van der Waals surface area contributed by atoms with Gasteiger partial charge in [0.2, 0.25) is 11.1 Å². The van der Waals surface area contributed by atoms with Crippen LogP contribution in [0.4, 0.5) is 5.82 Å². The molecule has 0 saturated heterocycles. The Balaban J connectivity index is 1.62. The number of carbonyl (C=O) groups excluding carboxylic acids is 1. The van der Waals surface area contributed by atoms with Gasteiger partial charge in [-0.3, -0.25) is 9.48 Å². The third kappa shape index (κ3) is 3.37. The van der Waals surface area contributed by atoms with Crippen molar-refractivity contribution in [3.63, 3.8) is 0 Å². The summed E-state index contributed by atoms with van der Waals surface area (Å²) in [6, 6.07) is 5.65. The summed E-state index contributed by atoms with van der Waals surface area (Å²) in [6.45, 7) is 1.87. The number of thioether (sulfide) groups is 1. The summed E-state index contributed by atoms with van der Waals surface area (Å²) < 4.78 is 3.02. The number of nitrogens with zero attached hydrogens (tertiary/aromatic N) is 5. The Kier molecular flexibility index (Phi) is 4.35. The summed E-state index contributed by atoms with van der Waals surface area (Å²) >= 11 is 2.76. The maximum absolute atomic E-state index is 12.0. The van der Waals surface area contributed by atoms with E-state index < -0.39 is 0 Å². The van der Waals surface area contributed by atoms with Crippen LogP contribution in [0.15, 0.2) is 28.7 Å². The van der Waals surface area contributed by atoms with Crippen molar-refractivity contribution in [2.24, 2.45) is 7.05 Å². The highest BCUT2D eigenvalue weighted by molar-refractivity contribution is 7.99. The molecule has 0 aromatic carbocycles. The van der Waals surface area contributed by atoms with Gasteiger partial charge in [0.1, 0.15) is 5.82 Å². The molecule has 10 heteroatoms. The first kappa shape index (κ1) is 15.6. The number of aryl methyl sites for hydroxylation is 2. The number of rotatable bonds is 5. The van der Waals surface area contributed by atoms with Crippen LogP contribution >= 0.6 is 23.1 Å². The van der Waals surface area contributed by atoms with Gasteiger partial charge in [-0.2, -0.15) is 5.10 Å². The maximum atomic E-state index is 12.0. The number of hydrogen-bond donors (Lipinski definition) is 2. The summed E-state index contributed by atoms with van der Waals surface area (Å²) in [4.78, 5) is 13.0. The van der Waals surface area contributed by atoms with E-state index in [0.29, 0.717) is 16.8 Å². The van der Waals surface area contributed by atoms with Crippen molar-refractivity contribution >= 4 is 34.8 Å². The minimum atomic E-state index is -0.154. The molecule has 0 saturated carbocycles. The van der Waals surface area contributed by atoms with E-state index in [-0.39, 0.29) is 11.7 Å². The number of nitrogens with one attached hydrogen (secondary N) is 1. The highest BCUT2D eigenvalue weighted by Crippen LogP contribution is 2.25. The van der Waals surface area contributed by atoms with Crippen molar-refractivity contribution in [2.75, 3.05) is 16.9 Å². The summed E-state index contributed by atoms with van der Waals surface area (Å²) in [5.41, 5.74) is 0.845. The van der Waals surface area contributed by atoms with Crippen LogP contribution in [0.5, 0.6) is 0 Å². The maximum Gasteiger partial charge on any atom is 0.235 e. The molecule has 3 heterocycles. The van der Waals surface area contributed by atoms with E-state index >= 15 is 0 Å². The van der Waals surface area contributed by atoms with E-state index in [0.717, 1.165) is 10.6 Å². The minimum Gasteiger partial charge on any atom is -0.335 e. The second-order valence-corrected chi connectivity index (χ2v) is 6.68. The molecule has 0 fully saturated rings. The molecule has 120 valence electrons. The van der Waals surface area contributed by atoms with Crippen LogP contribution in [0.3, 0.4) is 0 Å². The Bertz CT molecular complexity index is 822. The van der Waals surface area contributed by atoms with Gasteiger partial charge in [0, 0.05) is 13.1 Å². The zero-order valence-corrected chi connectivity index (χ0v) is 14.2. The van der Waals surface area contributed by atoms with Gasteiger partial charge < -0.3 is 11.2 Å². The van der Waals surface area contributed by atoms with Crippen LogP contribution in [0.1, 0.15) is 5.69 Å². The zero-order chi connectivity index (χ0) is 16.4. The molecule has 0 spiro atoms. The van der Waals surface area contributed by atoms with E-state index in [2.05, 4.69) is 20.6 Å². The van der Waals surface area contributed by atoms with Gasteiger partial charge in [0.05, 0.1) is 16.3 Å². The number of hydrogen-bond acceptors (Lipinski definition) is 7. The van der Waals surface area contributed by atoms with Crippen molar-refractivity contribution < 1.29 is 4.79 Å². The number of nitrogens with two attached hydrogens (primary N) is 1. The Morgan fingerprint density at radius 3 is 2.96 bits per heavy atom. The highest BCUT2D eigenvalue weighted by atomic mass is 32.2. The Morgan fingerprint density at radius 1 is 1.48 bits per heavy atom. The van der Waals surface area contributed by atoms with Gasteiger partial charge in [0.15, 0.2) is 5.82 Å². The molecule has 0 unspecified atom stereocenters. The monoisotopic (exact) mass is 349 g/mol. The molecule has 0 radical (unpaired) electrons. The first-order valence-corrected chi connectivity index (χ1v) is 8.59. The fraction of sp³-hybridized carbons (Fsp3) is 0.231. The highest BCUT2D eigenvalue weighted by Gasteiger charge is 2.15. The van der Waals surface area contributed by atoms with Crippen molar-refractivity contribution in [1.82, 2.24) is 24.7 Å². The molecule has 0 bridgehead atoms. The lowest BCUT2D eigenvalue weighted by molar-refractivity contribution is -0.113. The third-order valence-electron chi connectivity index (χ3n) is 3.01. The van der Waals surface area contributed by atoms with Crippen molar-refractivity contribution in [3.05, 3.63) is 29.3 Å². The second-order valence-electron chi connectivity index (χ2n) is 4.78. The van der Waals surface area contributed by atoms with Gasteiger partial charge in [-0.25, -0.2) is 4.68 Å². The number of nitrogen functional groups attached to an aromatic ring is 1. The van der Waals surface area contributed by atoms with Crippen LogP contribution in [0.25, 0.3) is 10.7 Å². The number of anilines is 1. The Hall–Kier alpha value is -2.33. The van der Waals surface area contributed by atoms with E-state index in [1.165, 1.54) is 27.8 Å². The Morgan fingerprint density at radius 2 is 2.30 bits per heavy atom. The molecule has 3 aromatic heterocycles. The summed E-state index contributed by atoms with van der Waals surface area (Å²) in [5, 5.41) is 17.5. The normalized spacial score (nSPS) is 10.9. The van der Waals surface area contributed by atoms with Gasteiger partial charge in [-0.15, -0.1) is 21.5 Å². The average Bonchev–Trinajstić information content (AvgIpc) is 3.19. The van der Waals surface area contributed by atoms with E-state index in [9.17, 15) is 4.79 Å². The molecule has 3 rings (SSSR count). The lowest BCUT2D eigenvalue weighted by Gasteiger charge is -2.05. The van der Waals surface area contributed by atoms with E-state index in [1.54, 1.807) is 11.7 Å². The van der Waals surface area contributed by atoms with Crippen LogP contribution in [0.2, 0.25) is 0 Å². The molecular formula is C13H15N7OS2. The van der Waals surface area contributed by atoms with Crippen LogP contribution in [0, 0.1) is 6.92 Å². The quantitative estimate of drug-likeness (QED) is 0.534. The predicted octanol–water partition coefficient (Wildman–Crippen LogP) is 1.49. The molecule has 23 heavy (non-hydrogen) atoms. The van der Waals surface area contributed by atoms with Crippen LogP contribution < -0.4 is 11.2 Å². The fourth-order valence-corrected chi connectivity index (χ4v) is 3.35. The predicted molar refractivity (Wildman–Crippen MR) is 90.8 cm³/mol. The minimum absolute atomic E-state index is 0.154. The van der Waals surface area contributed by atoms with Gasteiger partial charge in [-0.05, 0) is 18.4 Å². The molecule has 8 nitrogen and oxygen atoms in total. The molecule has 0 aliphatic heterocycles. The average molecular weight is 349 g/mol. The number of aromatic nitrogens is 5. The Labute approximate surface area is 140 Å².